The Morgan fingerprint density at radius 3 is 1.86 bits per heavy atom. The quantitative estimate of drug-likeness (QED) is 0.114. The van der Waals surface area contributed by atoms with Crippen LogP contribution in [-0.4, -0.2) is 41.1 Å². The van der Waals surface area contributed by atoms with Crippen molar-refractivity contribution in [3.8, 4) is 0 Å². The summed E-state index contributed by atoms with van der Waals surface area (Å²) in [7, 11) is -4.36. The van der Waals surface area contributed by atoms with Gasteiger partial charge < -0.3 is 14.0 Å². The fraction of sp³-hybridized carbons (Fsp3) is 0.608. The zero-order chi connectivity index (χ0) is 41.4. The lowest BCUT2D eigenvalue weighted by Gasteiger charge is -2.43. The van der Waals surface area contributed by atoms with E-state index >= 15 is 0 Å². The van der Waals surface area contributed by atoms with Gasteiger partial charge in [0.05, 0.1) is 19.3 Å². The van der Waals surface area contributed by atoms with E-state index in [-0.39, 0.29) is 27.0 Å². The number of aliphatic hydroxyl groups excluding tert-OH is 1. The van der Waals surface area contributed by atoms with Gasteiger partial charge in [0.1, 0.15) is 0 Å². The Morgan fingerprint density at radius 2 is 1.30 bits per heavy atom. The third-order valence-corrected chi connectivity index (χ3v) is 23.8. The van der Waals surface area contributed by atoms with Crippen LogP contribution in [0.2, 0.25) is 23.2 Å². The van der Waals surface area contributed by atoms with Crippen LogP contribution in [-0.2, 0) is 8.85 Å². The topological polar surface area (TPSA) is 38.7 Å². The summed E-state index contributed by atoms with van der Waals surface area (Å²) in [6.45, 7) is 31.5. The summed E-state index contributed by atoms with van der Waals surface area (Å²) < 4.78 is 13.8. The number of fused-ring (bicyclic) bond motifs is 1. The maximum atomic E-state index is 11.4. The van der Waals surface area contributed by atoms with Crippen molar-refractivity contribution in [2.75, 3.05) is 13.2 Å². The molecule has 0 radical (unpaired) electrons. The first kappa shape index (κ1) is 46.4. The molecule has 0 bridgehead atoms. The van der Waals surface area contributed by atoms with Crippen LogP contribution in [0.5, 0.6) is 0 Å². The number of hydrogen-bond acceptors (Lipinski definition) is 3. The molecule has 2 saturated carbocycles. The summed E-state index contributed by atoms with van der Waals surface area (Å²) in [6.07, 6.45) is 20.2. The predicted octanol–water partition coefficient (Wildman–Crippen LogP) is 13.3. The van der Waals surface area contributed by atoms with Crippen molar-refractivity contribution >= 4 is 27.0 Å². The van der Waals surface area contributed by atoms with Crippen molar-refractivity contribution in [3.63, 3.8) is 0 Å². The maximum absolute atomic E-state index is 11.4. The molecular formula is C51H80O3Si2. The van der Waals surface area contributed by atoms with Gasteiger partial charge in [0, 0.05) is 5.41 Å². The lowest BCUT2D eigenvalue weighted by molar-refractivity contribution is 0.00284. The van der Waals surface area contributed by atoms with Crippen molar-refractivity contribution in [2.24, 2.45) is 16.7 Å². The van der Waals surface area contributed by atoms with E-state index in [1.54, 1.807) is 0 Å². The number of aliphatic hydroxyl groups is 1. The number of benzene rings is 2. The molecule has 0 saturated heterocycles. The third kappa shape index (κ3) is 11.0. The third-order valence-electron chi connectivity index (χ3n) is 14.3. The molecule has 2 aromatic carbocycles. The van der Waals surface area contributed by atoms with E-state index in [1.165, 1.54) is 32.7 Å². The molecule has 2 fully saturated rings. The van der Waals surface area contributed by atoms with Crippen LogP contribution < -0.4 is 10.4 Å². The molecule has 0 heterocycles. The Kier molecular flexibility index (Phi) is 15.9. The average molecular weight is 797 g/mol. The van der Waals surface area contributed by atoms with Crippen molar-refractivity contribution in [3.05, 3.63) is 107 Å². The summed E-state index contributed by atoms with van der Waals surface area (Å²) in [5.74, 6) is 0.641. The van der Waals surface area contributed by atoms with E-state index in [0.29, 0.717) is 19.1 Å². The lowest BCUT2D eigenvalue weighted by Crippen LogP contribution is -2.66. The highest BCUT2D eigenvalue weighted by atomic mass is 28.4. The summed E-state index contributed by atoms with van der Waals surface area (Å²) in [4.78, 5) is 0. The van der Waals surface area contributed by atoms with Gasteiger partial charge in [-0.25, -0.2) is 0 Å². The van der Waals surface area contributed by atoms with Gasteiger partial charge in [0.25, 0.3) is 8.32 Å². The molecular weight excluding hydrogens is 717 g/mol. The number of hydrogen-bond donors (Lipinski definition) is 1. The molecule has 310 valence electrons. The zero-order valence-corrected chi connectivity index (χ0v) is 40.0. The van der Waals surface area contributed by atoms with Gasteiger partial charge in [-0.15, -0.1) is 0 Å². The van der Waals surface area contributed by atoms with Crippen LogP contribution in [0, 0.1) is 16.7 Å². The minimum Gasteiger partial charge on any atom is -0.413 e. The maximum Gasteiger partial charge on any atom is 0.261 e. The van der Waals surface area contributed by atoms with E-state index in [1.807, 2.05) is 0 Å². The smallest absolute Gasteiger partial charge is 0.261 e. The monoisotopic (exact) mass is 797 g/mol. The van der Waals surface area contributed by atoms with Gasteiger partial charge in [-0.3, -0.25) is 0 Å². The van der Waals surface area contributed by atoms with Gasteiger partial charge in [-0.2, -0.15) is 0 Å². The molecule has 0 aromatic heterocycles. The highest BCUT2D eigenvalue weighted by Gasteiger charge is 2.71. The summed E-state index contributed by atoms with van der Waals surface area (Å²) >= 11 is 0. The van der Waals surface area contributed by atoms with Gasteiger partial charge in [0.15, 0.2) is 8.32 Å². The van der Waals surface area contributed by atoms with Crippen LogP contribution >= 0.6 is 0 Å². The number of allylic oxidation sites excluding steroid dienone is 6. The Labute approximate surface area is 346 Å². The Balaban J connectivity index is 1.41. The Hall–Kier alpha value is -2.29. The zero-order valence-electron chi connectivity index (χ0n) is 38.0. The minimum atomic E-state index is -2.61. The molecule has 2 aliphatic carbocycles. The summed E-state index contributed by atoms with van der Waals surface area (Å²) in [5.41, 5.74) is 5.98. The van der Waals surface area contributed by atoms with E-state index in [2.05, 4.69) is 174 Å². The van der Waals surface area contributed by atoms with Gasteiger partial charge in [-0.05, 0) is 142 Å². The minimum absolute atomic E-state index is 0.0416. The van der Waals surface area contributed by atoms with Crippen LogP contribution in [0.3, 0.4) is 0 Å². The molecule has 2 aromatic rings. The molecule has 5 heteroatoms. The second-order valence-electron chi connectivity index (χ2n) is 20.6. The molecule has 56 heavy (non-hydrogen) atoms. The van der Waals surface area contributed by atoms with Gasteiger partial charge >= 0.3 is 0 Å². The average Bonchev–Trinajstić information content (AvgIpc) is 3.77. The molecule has 3 nitrogen and oxygen atoms in total. The normalized spacial score (nSPS) is 23.9. The molecule has 0 unspecified atom stereocenters. The van der Waals surface area contributed by atoms with E-state index in [9.17, 15) is 5.11 Å². The second-order valence-corrected chi connectivity index (χ2v) is 29.7. The first-order valence-electron chi connectivity index (χ1n) is 21.9. The fourth-order valence-electron chi connectivity index (χ4n) is 9.36. The molecule has 4 rings (SSSR count). The highest BCUT2D eigenvalue weighted by molar-refractivity contribution is 6.99. The molecule has 4 atom stereocenters. The SMILES string of the molecule is CC(C)=CCC/C(=C/CC/C(C)=C/C[C@@H]1CC[C@H](O)[C@]2(CC/C(C)=C/CO[Si](C)(C)C(C)(C)C)C[C@]12C)CO[Si](c1ccccc1)(c1ccccc1)C(C)(C)C. The van der Waals surface area contributed by atoms with Crippen LogP contribution in [0.4, 0.5) is 0 Å². The van der Waals surface area contributed by atoms with E-state index < -0.39 is 16.6 Å². The largest absolute Gasteiger partial charge is 0.413 e. The lowest BCUT2D eigenvalue weighted by atomic mass is 9.68. The van der Waals surface area contributed by atoms with Crippen LogP contribution in [0.25, 0.3) is 0 Å². The van der Waals surface area contributed by atoms with E-state index in [0.717, 1.165) is 64.2 Å². The van der Waals surface area contributed by atoms with Crippen LogP contribution in [0.1, 0.15) is 140 Å². The van der Waals surface area contributed by atoms with Crippen molar-refractivity contribution in [1.29, 1.82) is 0 Å². The second kappa shape index (κ2) is 19.2. The van der Waals surface area contributed by atoms with Crippen molar-refractivity contribution in [1.82, 2.24) is 0 Å². The highest BCUT2D eigenvalue weighted by Crippen LogP contribution is 2.75. The summed E-state index contributed by atoms with van der Waals surface area (Å²) in [6, 6.07) is 22.1. The molecule has 0 spiro atoms. The summed E-state index contributed by atoms with van der Waals surface area (Å²) in [5, 5.41) is 14.2. The van der Waals surface area contributed by atoms with Crippen molar-refractivity contribution in [2.45, 2.75) is 170 Å². The molecule has 2 aliphatic rings. The van der Waals surface area contributed by atoms with Crippen molar-refractivity contribution < 1.29 is 14.0 Å². The fourth-order valence-corrected chi connectivity index (χ4v) is 14.8. The molecule has 1 N–H and O–H groups in total. The molecule has 0 aliphatic heterocycles. The molecule has 0 amide bonds. The van der Waals surface area contributed by atoms with Gasteiger partial charge in [-0.1, -0.05) is 150 Å². The Bertz CT molecular complexity index is 1630. The Morgan fingerprint density at radius 1 is 0.732 bits per heavy atom. The van der Waals surface area contributed by atoms with Gasteiger partial charge in [0.2, 0.25) is 0 Å². The number of rotatable bonds is 19. The predicted molar refractivity (Wildman–Crippen MR) is 248 cm³/mol. The van der Waals surface area contributed by atoms with E-state index in [4.69, 9.17) is 8.85 Å². The van der Waals surface area contributed by atoms with Crippen LogP contribution in [0.15, 0.2) is 107 Å². The first-order valence-corrected chi connectivity index (χ1v) is 26.7. The first-order chi connectivity index (χ1) is 26.2. The standard InChI is InChI=1S/C51H80O3Si2/c1-40(2)22-20-24-43(38-54-56(49(8,9)10,45-26-16-14-17-27-45)46-28-18-15-19-29-46)25-21-23-41(3)30-31-44-32-33-47(52)51(39-50(44,51)11)36-34-42(4)35-37-53-55(12,13)48(5,6)7/h14-19,22,25-30,35,44,47,52H,20-21,23-24,31-34,36-39H2,1-13H3/b41-30+,42-35+,43-25-/t44-,47+,50-,51+/m1/s1.